The lowest BCUT2D eigenvalue weighted by Crippen LogP contribution is -2.41. The van der Waals surface area contributed by atoms with Crippen molar-refractivity contribution in [3.05, 3.63) is 63.1 Å². The third-order valence-corrected chi connectivity index (χ3v) is 6.86. The zero-order chi connectivity index (χ0) is 20.4. The number of benzene rings is 2. The van der Waals surface area contributed by atoms with Crippen molar-refractivity contribution in [3.8, 4) is 5.75 Å². The maximum Gasteiger partial charge on any atom is 0.255 e. The lowest BCUT2D eigenvalue weighted by atomic mass is 9.75. The van der Waals surface area contributed by atoms with E-state index in [-0.39, 0.29) is 19.0 Å². The highest BCUT2D eigenvalue weighted by Gasteiger charge is 2.35. The van der Waals surface area contributed by atoms with Gasteiger partial charge in [-0.1, -0.05) is 35.3 Å². The van der Waals surface area contributed by atoms with Gasteiger partial charge in [-0.2, -0.15) is 0 Å². The predicted molar refractivity (Wildman–Crippen MR) is 124 cm³/mol. The van der Waals surface area contributed by atoms with Crippen molar-refractivity contribution in [1.82, 2.24) is 4.90 Å². The second kappa shape index (κ2) is 10.2. The smallest absolute Gasteiger partial charge is 0.255 e. The number of primary amides is 1. The number of carbonyl (C=O) groups excluding carboxylic acids is 1. The minimum atomic E-state index is -0.468. The number of nitrogens with two attached hydrogens (primary N) is 1. The molecule has 2 unspecified atom stereocenters. The Bertz CT molecular complexity index is 900. The van der Waals surface area contributed by atoms with E-state index in [0.29, 0.717) is 27.8 Å². The monoisotopic (exact) mass is 468 g/mol. The number of halogens is 3. The van der Waals surface area contributed by atoms with Gasteiger partial charge >= 0.3 is 0 Å². The molecule has 30 heavy (non-hydrogen) atoms. The summed E-state index contributed by atoms with van der Waals surface area (Å²) in [6.07, 6.45) is 5.64. The summed E-state index contributed by atoms with van der Waals surface area (Å²) in [5.41, 5.74) is 9.09. The van der Waals surface area contributed by atoms with Gasteiger partial charge in [0.1, 0.15) is 5.75 Å². The van der Waals surface area contributed by atoms with Gasteiger partial charge < -0.3 is 10.5 Å². The first kappa shape index (κ1) is 23.2. The molecule has 2 aromatic rings. The molecule has 1 aliphatic heterocycles. The number of carbonyl (C=O) groups is 1. The fourth-order valence-electron chi connectivity index (χ4n) is 4.78. The van der Waals surface area contributed by atoms with Crippen molar-refractivity contribution < 1.29 is 9.53 Å². The Morgan fingerprint density at radius 2 is 1.87 bits per heavy atom. The predicted octanol–water partition coefficient (Wildman–Crippen LogP) is 5.02. The molecule has 162 valence electrons. The van der Waals surface area contributed by atoms with E-state index >= 15 is 0 Å². The molecule has 4 rings (SSSR count). The second-order valence-electron chi connectivity index (χ2n) is 8.02. The maximum atomic E-state index is 11.1. The van der Waals surface area contributed by atoms with Gasteiger partial charge in [-0.05, 0) is 86.1 Å². The lowest BCUT2D eigenvalue weighted by Gasteiger charge is -2.39. The van der Waals surface area contributed by atoms with Crippen LogP contribution in [0, 0.1) is 0 Å². The number of amides is 1. The van der Waals surface area contributed by atoms with Crippen LogP contribution in [-0.2, 0) is 17.6 Å². The second-order valence-corrected chi connectivity index (χ2v) is 8.84. The number of aryl methyl sites for hydroxylation is 1. The minimum absolute atomic E-state index is 0. The molecule has 4 nitrogen and oxygen atoms in total. The van der Waals surface area contributed by atoms with Gasteiger partial charge in [0.05, 0.1) is 10.0 Å². The Morgan fingerprint density at radius 1 is 1.10 bits per heavy atom. The van der Waals surface area contributed by atoms with Gasteiger partial charge in [0.25, 0.3) is 5.91 Å². The molecule has 0 bridgehead atoms. The van der Waals surface area contributed by atoms with E-state index in [1.807, 2.05) is 18.2 Å². The number of rotatable bonds is 6. The van der Waals surface area contributed by atoms with Gasteiger partial charge in [-0.3, -0.25) is 9.69 Å². The first-order valence-corrected chi connectivity index (χ1v) is 11.0. The van der Waals surface area contributed by atoms with Crippen LogP contribution in [0.5, 0.6) is 5.75 Å². The van der Waals surface area contributed by atoms with E-state index in [4.69, 9.17) is 33.7 Å². The third-order valence-electron chi connectivity index (χ3n) is 6.12. The van der Waals surface area contributed by atoms with Crippen molar-refractivity contribution in [2.24, 2.45) is 5.73 Å². The van der Waals surface area contributed by atoms with Crippen LogP contribution in [0.25, 0.3) is 0 Å². The molecule has 2 aromatic carbocycles. The van der Waals surface area contributed by atoms with Crippen molar-refractivity contribution >= 4 is 41.5 Å². The molecule has 0 aromatic heterocycles. The van der Waals surface area contributed by atoms with Crippen LogP contribution in [0.15, 0.2) is 36.4 Å². The largest absolute Gasteiger partial charge is 0.484 e. The first-order chi connectivity index (χ1) is 14.0. The van der Waals surface area contributed by atoms with E-state index in [9.17, 15) is 4.79 Å². The molecule has 1 fully saturated rings. The Labute approximate surface area is 194 Å². The summed E-state index contributed by atoms with van der Waals surface area (Å²) in [4.78, 5) is 13.8. The molecule has 1 aliphatic carbocycles. The van der Waals surface area contributed by atoms with Crippen LogP contribution >= 0.6 is 35.6 Å². The Balaban J connectivity index is 0.00000256. The molecule has 1 saturated heterocycles. The number of hydrogen-bond donors (Lipinski definition) is 1. The van der Waals surface area contributed by atoms with Gasteiger partial charge in [0.2, 0.25) is 0 Å². The number of hydrogen-bond acceptors (Lipinski definition) is 3. The van der Waals surface area contributed by atoms with Crippen LogP contribution < -0.4 is 10.5 Å². The van der Waals surface area contributed by atoms with E-state index in [1.54, 1.807) is 0 Å². The summed E-state index contributed by atoms with van der Waals surface area (Å²) in [7, 11) is 0. The average Bonchev–Trinajstić information content (AvgIpc) is 3.24. The van der Waals surface area contributed by atoms with E-state index in [2.05, 4.69) is 23.1 Å². The topological polar surface area (TPSA) is 55.6 Å². The number of likely N-dealkylation sites (tertiary alicyclic amines) is 1. The number of ether oxygens (including phenoxy) is 1. The zero-order valence-corrected chi connectivity index (χ0v) is 19.1. The molecule has 0 radical (unpaired) electrons. The average molecular weight is 470 g/mol. The van der Waals surface area contributed by atoms with Gasteiger partial charge in [0, 0.05) is 12.0 Å². The van der Waals surface area contributed by atoms with Crippen LogP contribution in [0.4, 0.5) is 0 Å². The van der Waals surface area contributed by atoms with Crippen LogP contribution in [0.1, 0.15) is 41.9 Å². The quantitative estimate of drug-likeness (QED) is 0.646. The molecule has 0 saturated carbocycles. The fraction of sp³-hybridized carbons (Fsp3) is 0.435. The van der Waals surface area contributed by atoms with Crippen LogP contribution in [0.2, 0.25) is 10.0 Å². The normalized spacial score (nSPS) is 21.0. The van der Waals surface area contributed by atoms with E-state index in [0.717, 1.165) is 32.4 Å². The molecule has 1 amide bonds. The SMILES string of the molecule is Cl.NC(=O)COc1ccc2c(c1)C(Cc1ccc(Cl)c(Cl)c1)C(N1CCCC1)CC2. The van der Waals surface area contributed by atoms with Gasteiger partial charge in [-0.15, -0.1) is 12.4 Å². The fourth-order valence-corrected chi connectivity index (χ4v) is 5.10. The summed E-state index contributed by atoms with van der Waals surface area (Å²) in [6.45, 7) is 2.22. The molecular weight excluding hydrogens is 443 g/mol. The molecule has 1 heterocycles. The molecule has 7 heteroatoms. The summed E-state index contributed by atoms with van der Waals surface area (Å²) in [6, 6.07) is 12.6. The minimum Gasteiger partial charge on any atom is -0.484 e. The highest BCUT2D eigenvalue weighted by atomic mass is 35.5. The van der Waals surface area contributed by atoms with Crippen LogP contribution in [-0.4, -0.2) is 36.5 Å². The summed E-state index contributed by atoms with van der Waals surface area (Å²) < 4.78 is 5.60. The standard InChI is InChI=1S/C23H26Cl2N2O2.ClH/c24-20-7-3-15(12-21(20)25)11-19-18-13-17(29-14-23(26)28)6-4-16(18)5-8-22(19)27-9-1-2-10-27;/h3-4,6-7,12-13,19,22H,1-2,5,8-11,14H2,(H2,26,28);1H. The number of nitrogens with zero attached hydrogens (tertiary/aromatic N) is 1. The summed E-state index contributed by atoms with van der Waals surface area (Å²) >= 11 is 12.4. The van der Waals surface area contributed by atoms with Gasteiger partial charge in [0.15, 0.2) is 6.61 Å². The molecular formula is C23H27Cl3N2O2. The summed E-state index contributed by atoms with van der Waals surface area (Å²) in [5, 5.41) is 1.18. The Hall–Kier alpha value is -1.46. The third kappa shape index (κ3) is 5.23. The lowest BCUT2D eigenvalue weighted by molar-refractivity contribution is -0.119. The number of fused-ring (bicyclic) bond motifs is 1. The summed E-state index contributed by atoms with van der Waals surface area (Å²) in [5.74, 6) is 0.569. The molecule has 2 aliphatic rings. The van der Waals surface area contributed by atoms with Gasteiger partial charge in [-0.25, -0.2) is 0 Å². The van der Waals surface area contributed by atoms with Crippen molar-refractivity contribution in [3.63, 3.8) is 0 Å². The Kier molecular flexibility index (Phi) is 7.92. The van der Waals surface area contributed by atoms with E-state index in [1.165, 1.54) is 29.5 Å². The molecule has 2 N–H and O–H groups in total. The zero-order valence-electron chi connectivity index (χ0n) is 16.8. The first-order valence-electron chi connectivity index (χ1n) is 10.2. The molecule has 2 atom stereocenters. The van der Waals surface area contributed by atoms with Crippen molar-refractivity contribution in [2.75, 3.05) is 19.7 Å². The van der Waals surface area contributed by atoms with Crippen LogP contribution in [0.3, 0.4) is 0 Å². The Morgan fingerprint density at radius 3 is 2.57 bits per heavy atom. The van der Waals surface area contributed by atoms with Crippen molar-refractivity contribution in [1.29, 1.82) is 0 Å². The molecule has 0 spiro atoms. The highest BCUT2D eigenvalue weighted by molar-refractivity contribution is 6.42. The van der Waals surface area contributed by atoms with Crippen molar-refractivity contribution in [2.45, 2.75) is 44.1 Å². The highest BCUT2D eigenvalue weighted by Crippen LogP contribution is 2.40. The van der Waals surface area contributed by atoms with E-state index < -0.39 is 5.91 Å². The maximum absolute atomic E-state index is 11.1.